The minimum atomic E-state index is -1.06. The first-order chi connectivity index (χ1) is 8.80. The summed E-state index contributed by atoms with van der Waals surface area (Å²) in [7, 11) is 0. The average molecular weight is 274 g/mol. The molecule has 0 spiro atoms. The molecule has 0 aromatic heterocycles. The van der Waals surface area contributed by atoms with Crippen molar-refractivity contribution in [1.82, 2.24) is 10.6 Å². The van der Waals surface area contributed by atoms with Crippen molar-refractivity contribution in [3.63, 3.8) is 0 Å². The van der Waals surface area contributed by atoms with Crippen LogP contribution in [0.25, 0.3) is 0 Å². The van der Waals surface area contributed by atoms with Gasteiger partial charge < -0.3 is 25.2 Å². The van der Waals surface area contributed by atoms with Gasteiger partial charge in [0.05, 0.1) is 25.9 Å². The third-order valence-electron chi connectivity index (χ3n) is 2.76. The highest BCUT2D eigenvalue weighted by Crippen LogP contribution is 2.19. The van der Waals surface area contributed by atoms with E-state index >= 15 is 0 Å². The van der Waals surface area contributed by atoms with E-state index in [2.05, 4.69) is 10.6 Å². The van der Waals surface area contributed by atoms with Crippen molar-refractivity contribution < 1.29 is 24.2 Å². The topological polar surface area (TPSA) is 96.9 Å². The van der Waals surface area contributed by atoms with Crippen LogP contribution in [-0.4, -0.2) is 55.6 Å². The number of carbonyl (C=O) groups excluding carboxylic acids is 1. The van der Waals surface area contributed by atoms with E-state index in [4.69, 9.17) is 14.6 Å². The van der Waals surface area contributed by atoms with Gasteiger partial charge in [0.2, 0.25) is 0 Å². The van der Waals surface area contributed by atoms with Crippen LogP contribution in [0.15, 0.2) is 0 Å². The van der Waals surface area contributed by atoms with Crippen LogP contribution in [0.4, 0.5) is 4.79 Å². The summed E-state index contributed by atoms with van der Waals surface area (Å²) in [5.41, 5.74) is -0.562. The third kappa shape index (κ3) is 5.44. The third-order valence-corrected chi connectivity index (χ3v) is 2.76. The molecule has 2 amide bonds. The minimum absolute atomic E-state index is 0.183. The Morgan fingerprint density at radius 2 is 2.05 bits per heavy atom. The van der Waals surface area contributed by atoms with Crippen LogP contribution in [0.3, 0.4) is 0 Å². The van der Waals surface area contributed by atoms with Crippen molar-refractivity contribution >= 4 is 12.0 Å². The Morgan fingerprint density at radius 3 is 2.53 bits per heavy atom. The summed E-state index contributed by atoms with van der Waals surface area (Å²) in [5, 5.41) is 14.1. The largest absolute Gasteiger partial charge is 0.480 e. The maximum atomic E-state index is 11.7. The van der Waals surface area contributed by atoms with Gasteiger partial charge in [-0.3, -0.25) is 0 Å². The second kappa shape index (κ2) is 6.72. The molecule has 0 bridgehead atoms. The zero-order valence-electron chi connectivity index (χ0n) is 11.6. The number of hydrogen-bond donors (Lipinski definition) is 3. The number of ether oxygens (including phenoxy) is 2. The van der Waals surface area contributed by atoms with Gasteiger partial charge in [-0.05, 0) is 5.41 Å². The molecule has 0 radical (unpaired) electrons. The maximum absolute atomic E-state index is 11.7. The molecule has 0 aliphatic carbocycles. The number of rotatable bonds is 4. The molecule has 110 valence electrons. The highest BCUT2D eigenvalue weighted by molar-refractivity contribution is 5.83. The lowest BCUT2D eigenvalue weighted by Gasteiger charge is -2.28. The Morgan fingerprint density at radius 1 is 1.37 bits per heavy atom. The molecule has 0 saturated carbocycles. The Labute approximate surface area is 112 Å². The highest BCUT2D eigenvalue weighted by atomic mass is 16.6. The fraction of sp³-hybridized carbons (Fsp3) is 0.833. The molecule has 7 heteroatoms. The summed E-state index contributed by atoms with van der Waals surface area (Å²) in [6.07, 6.45) is -0.183. The number of aliphatic carboxylic acids is 1. The molecule has 0 aromatic carbocycles. The molecule has 1 aliphatic heterocycles. The van der Waals surface area contributed by atoms with Crippen molar-refractivity contribution in [2.24, 2.45) is 5.41 Å². The van der Waals surface area contributed by atoms with E-state index in [-0.39, 0.29) is 6.10 Å². The van der Waals surface area contributed by atoms with Gasteiger partial charge in [0, 0.05) is 6.54 Å². The number of carboxylic acid groups (broad SMARTS) is 1. The van der Waals surface area contributed by atoms with Crippen molar-refractivity contribution in [3.05, 3.63) is 0 Å². The SMILES string of the molecule is CC(C)(C)C(NC(=O)NCC1COCCO1)C(=O)O. The van der Waals surface area contributed by atoms with E-state index in [1.807, 2.05) is 0 Å². The molecule has 2 atom stereocenters. The number of hydrogen-bond acceptors (Lipinski definition) is 4. The summed E-state index contributed by atoms with van der Waals surface area (Å²) in [6.45, 7) is 7.06. The van der Waals surface area contributed by atoms with Crippen LogP contribution in [0.2, 0.25) is 0 Å². The molecule has 7 nitrogen and oxygen atoms in total. The van der Waals surface area contributed by atoms with Gasteiger partial charge in [0.15, 0.2) is 0 Å². The molecular formula is C12H22N2O5. The first-order valence-electron chi connectivity index (χ1n) is 6.27. The van der Waals surface area contributed by atoms with Crippen LogP contribution in [0.5, 0.6) is 0 Å². The lowest BCUT2D eigenvalue weighted by Crippen LogP contribution is -2.53. The van der Waals surface area contributed by atoms with E-state index in [1.165, 1.54) is 0 Å². The Bertz CT molecular complexity index is 321. The maximum Gasteiger partial charge on any atom is 0.326 e. The lowest BCUT2D eigenvalue weighted by atomic mass is 9.87. The number of urea groups is 1. The first kappa shape index (κ1) is 15.7. The standard InChI is InChI=1S/C12H22N2O5/c1-12(2,3)9(10(15)16)14-11(17)13-6-8-7-18-4-5-19-8/h8-9H,4-7H2,1-3H3,(H,15,16)(H2,13,14,17). The van der Waals surface area contributed by atoms with Crippen molar-refractivity contribution in [3.8, 4) is 0 Å². The monoisotopic (exact) mass is 274 g/mol. The van der Waals surface area contributed by atoms with Gasteiger partial charge in [-0.1, -0.05) is 20.8 Å². The number of amides is 2. The fourth-order valence-corrected chi connectivity index (χ4v) is 1.69. The fourth-order valence-electron chi connectivity index (χ4n) is 1.69. The summed E-state index contributed by atoms with van der Waals surface area (Å²) < 4.78 is 10.6. The van der Waals surface area contributed by atoms with Crippen molar-refractivity contribution in [2.75, 3.05) is 26.4 Å². The molecule has 19 heavy (non-hydrogen) atoms. The quantitative estimate of drug-likeness (QED) is 0.680. The predicted molar refractivity (Wildman–Crippen MR) is 68.0 cm³/mol. The Hall–Kier alpha value is -1.34. The van der Waals surface area contributed by atoms with Gasteiger partial charge in [0.25, 0.3) is 0 Å². The van der Waals surface area contributed by atoms with E-state index < -0.39 is 23.5 Å². The average Bonchev–Trinajstić information content (AvgIpc) is 2.33. The number of nitrogens with one attached hydrogen (secondary N) is 2. The summed E-state index contributed by atoms with van der Waals surface area (Å²) in [6, 6.07) is -1.47. The Kier molecular flexibility index (Phi) is 5.56. The summed E-state index contributed by atoms with van der Waals surface area (Å²) in [4.78, 5) is 22.8. The van der Waals surface area contributed by atoms with Crippen LogP contribution >= 0.6 is 0 Å². The van der Waals surface area contributed by atoms with Gasteiger partial charge >= 0.3 is 12.0 Å². The van der Waals surface area contributed by atoms with E-state index in [0.717, 1.165) is 0 Å². The molecule has 2 unspecified atom stereocenters. The first-order valence-corrected chi connectivity index (χ1v) is 6.27. The number of carbonyl (C=O) groups is 2. The van der Waals surface area contributed by atoms with E-state index in [0.29, 0.717) is 26.4 Å². The molecule has 1 rings (SSSR count). The molecule has 1 aliphatic rings. The van der Waals surface area contributed by atoms with Gasteiger partial charge in [-0.25, -0.2) is 9.59 Å². The molecule has 3 N–H and O–H groups in total. The van der Waals surface area contributed by atoms with E-state index in [9.17, 15) is 9.59 Å². The minimum Gasteiger partial charge on any atom is -0.480 e. The van der Waals surface area contributed by atoms with Gasteiger partial charge in [-0.2, -0.15) is 0 Å². The second-order valence-electron chi connectivity index (χ2n) is 5.56. The zero-order chi connectivity index (χ0) is 14.5. The molecule has 1 saturated heterocycles. The molecule has 1 heterocycles. The lowest BCUT2D eigenvalue weighted by molar-refractivity contribution is -0.141. The predicted octanol–water partition coefficient (Wildman–Crippen LogP) is 0.200. The van der Waals surface area contributed by atoms with Crippen LogP contribution < -0.4 is 10.6 Å². The Balaban J connectivity index is 2.38. The molecular weight excluding hydrogens is 252 g/mol. The highest BCUT2D eigenvalue weighted by Gasteiger charge is 2.32. The van der Waals surface area contributed by atoms with Crippen molar-refractivity contribution in [1.29, 1.82) is 0 Å². The zero-order valence-corrected chi connectivity index (χ0v) is 11.6. The smallest absolute Gasteiger partial charge is 0.326 e. The van der Waals surface area contributed by atoms with Gasteiger partial charge in [0.1, 0.15) is 6.04 Å². The van der Waals surface area contributed by atoms with Gasteiger partial charge in [-0.15, -0.1) is 0 Å². The van der Waals surface area contributed by atoms with Crippen molar-refractivity contribution in [2.45, 2.75) is 32.9 Å². The normalized spacial score (nSPS) is 21.5. The second-order valence-corrected chi connectivity index (χ2v) is 5.56. The summed E-state index contributed by atoms with van der Waals surface area (Å²) >= 11 is 0. The molecule has 1 fully saturated rings. The summed E-state index contributed by atoms with van der Waals surface area (Å²) in [5.74, 6) is -1.06. The number of carboxylic acids is 1. The van der Waals surface area contributed by atoms with Crippen LogP contribution in [0.1, 0.15) is 20.8 Å². The molecule has 0 aromatic rings. The van der Waals surface area contributed by atoms with Crippen LogP contribution in [-0.2, 0) is 14.3 Å². The van der Waals surface area contributed by atoms with Crippen LogP contribution in [0, 0.1) is 5.41 Å². The van der Waals surface area contributed by atoms with E-state index in [1.54, 1.807) is 20.8 Å².